The minimum atomic E-state index is -0.181. The lowest BCUT2D eigenvalue weighted by Gasteiger charge is -2.43. The first kappa shape index (κ1) is 8.79. The molecule has 13 heavy (non-hydrogen) atoms. The number of hydrogen-bond donors (Lipinski definition) is 0. The molecule has 0 N–H and O–H groups in total. The van der Waals surface area contributed by atoms with Crippen LogP contribution in [0, 0.1) is 11.8 Å². The minimum Gasteiger partial charge on any atom is -0.466 e. The highest BCUT2D eigenvalue weighted by Gasteiger charge is 2.37. The van der Waals surface area contributed by atoms with Crippen LogP contribution in [0.3, 0.4) is 0 Å². The van der Waals surface area contributed by atoms with E-state index in [1.807, 2.05) is 0 Å². The van der Waals surface area contributed by atoms with Crippen LogP contribution in [0.5, 0.6) is 0 Å². The number of esters is 1. The van der Waals surface area contributed by atoms with Crippen molar-refractivity contribution in [3.05, 3.63) is 11.6 Å². The van der Waals surface area contributed by atoms with Gasteiger partial charge in [0.15, 0.2) is 0 Å². The molecule has 0 heterocycles. The lowest BCUT2D eigenvalue weighted by Crippen LogP contribution is -2.32. The zero-order chi connectivity index (χ0) is 9.26. The summed E-state index contributed by atoms with van der Waals surface area (Å²) in [6.45, 7) is 0. The van der Waals surface area contributed by atoms with Crippen LogP contribution in [-0.4, -0.2) is 13.1 Å². The molecule has 0 amide bonds. The van der Waals surface area contributed by atoms with Gasteiger partial charge in [0.25, 0.3) is 0 Å². The molecule has 2 heteroatoms. The van der Waals surface area contributed by atoms with Crippen LogP contribution >= 0.6 is 0 Å². The second-order valence-corrected chi connectivity index (χ2v) is 4.10. The number of hydrogen-bond acceptors (Lipinski definition) is 2. The third-order valence-corrected chi connectivity index (χ3v) is 3.39. The van der Waals surface area contributed by atoms with Gasteiger partial charge in [0, 0.05) is 6.08 Å². The Morgan fingerprint density at radius 1 is 1.46 bits per heavy atom. The van der Waals surface area contributed by atoms with Crippen molar-refractivity contribution in [2.24, 2.45) is 11.8 Å². The van der Waals surface area contributed by atoms with Crippen molar-refractivity contribution in [3.8, 4) is 0 Å². The van der Waals surface area contributed by atoms with E-state index in [-0.39, 0.29) is 5.97 Å². The van der Waals surface area contributed by atoms with Crippen molar-refractivity contribution >= 4 is 5.97 Å². The van der Waals surface area contributed by atoms with Crippen LogP contribution < -0.4 is 0 Å². The molecule has 2 saturated carbocycles. The number of rotatable bonds is 1. The number of carbonyl (C=O) groups excluding carboxylic acids is 1. The van der Waals surface area contributed by atoms with Gasteiger partial charge in [-0.1, -0.05) is 18.4 Å². The first-order valence-electron chi connectivity index (χ1n) is 5.09. The number of methoxy groups -OCH3 is 1. The molecule has 72 valence electrons. The predicted molar refractivity (Wildman–Crippen MR) is 50.2 cm³/mol. The fourth-order valence-corrected chi connectivity index (χ4v) is 2.61. The van der Waals surface area contributed by atoms with Gasteiger partial charge >= 0.3 is 5.97 Å². The quantitative estimate of drug-likeness (QED) is 0.457. The fourth-order valence-electron chi connectivity index (χ4n) is 2.61. The summed E-state index contributed by atoms with van der Waals surface area (Å²) in [5, 5.41) is 0. The van der Waals surface area contributed by atoms with Crippen molar-refractivity contribution in [2.75, 3.05) is 7.11 Å². The van der Waals surface area contributed by atoms with Crippen LogP contribution in [0.15, 0.2) is 11.6 Å². The number of ether oxygens (including phenoxy) is 1. The number of carbonyl (C=O) groups is 1. The molecule has 0 saturated heterocycles. The Morgan fingerprint density at radius 3 is 2.92 bits per heavy atom. The van der Waals surface area contributed by atoms with Gasteiger partial charge < -0.3 is 4.74 Å². The molecule has 0 aromatic carbocycles. The number of allylic oxidation sites excluding steroid dienone is 1. The molecule has 2 aliphatic rings. The molecule has 0 aliphatic heterocycles. The summed E-state index contributed by atoms with van der Waals surface area (Å²) in [6.07, 6.45) is 8.20. The Balaban J connectivity index is 1.97. The zero-order valence-electron chi connectivity index (χ0n) is 8.08. The molecule has 0 bridgehead atoms. The van der Waals surface area contributed by atoms with Gasteiger partial charge in [0.1, 0.15) is 0 Å². The normalized spacial score (nSPS) is 35.0. The summed E-state index contributed by atoms with van der Waals surface area (Å²) in [5.74, 6) is 1.41. The van der Waals surface area contributed by atoms with Crippen molar-refractivity contribution in [3.63, 3.8) is 0 Å². The van der Waals surface area contributed by atoms with Crippen LogP contribution in [0.1, 0.15) is 32.1 Å². The lowest BCUT2D eigenvalue weighted by atomic mass is 9.62. The van der Waals surface area contributed by atoms with E-state index in [4.69, 9.17) is 0 Å². The average Bonchev–Trinajstić information content (AvgIpc) is 2.14. The van der Waals surface area contributed by atoms with Crippen LogP contribution in [-0.2, 0) is 9.53 Å². The molecule has 2 atom stereocenters. The van der Waals surface area contributed by atoms with Crippen LogP contribution in [0.25, 0.3) is 0 Å². The highest BCUT2D eigenvalue weighted by Crippen LogP contribution is 2.48. The topological polar surface area (TPSA) is 26.3 Å². The summed E-state index contributed by atoms with van der Waals surface area (Å²) < 4.78 is 4.62. The third-order valence-electron chi connectivity index (χ3n) is 3.39. The second kappa shape index (κ2) is 3.52. The van der Waals surface area contributed by atoms with Gasteiger partial charge in [-0.25, -0.2) is 4.79 Å². The largest absolute Gasteiger partial charge is 0.466 e. The van der Waals surface area contributed by atoms with Crippen molar-refractivity contribution < 1.29 is 9.53 Å². The lowest BCUT2D eigenvalue weighted by molar-refractivity contribution is -0.135. The maximum Gasteiger partial charge on any atom is 0.330 e. The zero-order valence-corrected chi connectivity index (χ0v) is 8.08. The highest BCUT2D eigenvalue weighted by molar-refractivity contribution is 5.83. The van der Waals surface area contributed by atoms with Crippen LogP contribution in [0.4, 0.5) is 0 Å². The summed E-state index contributed by atoms with van der Waals surface area (Å²) in [6, 6.07) is 0. The molecule has 0 spiro atoms. The maximum absolute atomic E-state index is 11.0. The third kappa shape index (κ3) is 1.62. The van der Waals surface area contributed by atoms with E-state index in [9.17, 15) is 4.79 Å². The molecular weight excluding hydrogens is 164 g/mol. The molecule has 0 radical (unpaired) electrons. The Morgan fingerprint density at radius 2 is 2.23 bits per heavy atom. The van der Waals surface area contributed by atoms with Crippen LogP contribution in [0.2, 0.25) is 0 Å². The molecule has 2 rings (SSSR count). The summed E-state index contributed by atoms with van der Waals surface area (Å²) in [7, 11) is 1.44. The van der Waals surface area contributed by atoms with Crippen molar-refractivity contribution in [2.45, 2.75) is 32.1 Å². The maximum atomic E-state index is 11.0. The molecule has 2 aliphatic carbocycles. The van der Waals surface area contributed by atoms with E-state index in [1.165, 1.54) is 38.4 Å². The van der Waals surface area contributed by atoms with Gasteiger partial charge in [-0.15, -0.1) is 0 Å². The van der Waals surface area contributed by atoms with E-state index in [2.05, 4.69) is 4.74 Å². The average molecular weight is 180 g/mol. The molecule has 0 aromatic heterocycles. The summed E-state index contributed by atoms with van der Waals surface area (Å²) in [4.78, 5) is 11.0. The molecule has 2 unspecified atom stereocenters. The van der Waals surface area contributed by atoms with E-state index in [0.29, 0.717) is 5.92 Å². The molecule has 0 aromatic rings. The van der Waals surface area contributed by atoms with E-state index in [0.717, 1.165) is 12.3 Å². The Bertz CT molecular complexity index is 242. The van der Waals surface area contributed by atoms with Gasteiger partial charge in [-0.2, -0.15) is 0 Å². The predicted octanol–water partition coefficient (Wildman–Crippen LogP) is 2.30. The highest BCUT2D eigenvalue weighted by atomic mass is 16.5. The minimum absolute atomic E-state index is 0.181. The summed E-state index contributed by atoms with van der Waals surface area (Å²) >= 11 is 0. The molecular formula is C11H16O2. The fraction of sp³-hybridized carbons (Fsp3) is 0.727. The SMILES string of the molecule is COC(=O)/C=C1/CC2CCCCC12. The van der Waals surface area contributed by atoms with Gasteiger partial charge in [0.05, 0.1) is 7.11 Å². The number of fused-ring (bicyclic) bond motifs is 1. The van der Waals surface area contributed by atoms with Gasteiger partial charge in [-0.3, -0.25) is 0 Å². The first-order valence-corrected chi connectivity index (χ1v) is 5.09. The van der Waals surface area contributed by atoms with Gasteiger partial charge in [0.2, 0.25) is 0 Å². The Hall–Kier alpha value is -0.790. The van der Waals surface area contributed by atoms with Crippen molar-refractivity contribution in [1.29, 1.82) is 0 Å². The molecule has 2 fully saturated rings. The van der Waals surface area contributed by atoms with Crippen molar-refractivity contribution in [1.82, 2.24) is 0 Å². The Labute approximate surface area is 79.0 Å². The van der Waals surface area contributed by atoms with E-state index in [1.54, 1.807) is 6.08 Å². The molecule has 2 nitrogen and oxygen atoms in total. The Kier molecular flexibility index (Phi) is 2.38. The smallest absolute Gasteiger partial charge is 0.330 e. The van der Waals surface area contributed by atoms with E-state index < -0.39 is 0 Å². The van der Waals surface area contributed by atoms with E-state index >= 15 is 0 Å². The monoisotopic (exact) mass is 180 g/mol. The summed E-state index contributed by atoms with van der Waals surface area (Å²) in [5.41, 5.74) is 1.33. The first-order chi connectivity index (χ1) is 6.31. The second-order valence-electron chi connectivity index (χ2n) is 4.10. The standard InChI is InChI=1S/C11H16O2/c1-13-11(12)7-9-6-8-4-2-3-5-10(8)9/h7-8,10H,2-6H2,1H3/b9-7-. The van der Waals surface area contributed by atoms with Gasteiger partial charge in [-0.05, 0) is 31.1 Å².